The summed E-state index contributed by atoms with van der Waals surface area (Å²) in [6.07, 6.45) is -9.36. The molecule has 0 atom stereocenters. The van der Waals surface area contributed by atoms with Gasteiger partial charge in [-0.3, -0.25) is 0 Å². The summed E-state index contributed by atoms with van der Waals surface area (Å²) in [5.74, 6) is 0. The molecule has 0 bridgehead atoms. The lowest BCUT2D eigenvalue weighted by molar-refractivity contribution is -0.162. The second kappa shape index (κ2) is 4.21. The fourth-order valence-electron chi connectivity index (χ4n) is 1.14. The molecule has 92 valence electrons. The van der Waals surface area contributed by atoms with E-state index in [4.69, 9.17) is 0 Å². The van der Waals surface area contributed by atoms with E-state index in [2.05, 4.69) is 4.99 Å². The Kier molecular flexibility index (Phi) is 3.28. The van der Waals surface area contributed by atoms with Gasteiger partial charge in [0.1, 0.15) is 0 Å². The fourth-order valence-corrected chi connectivity index (χ4v) is 1.14. The lowest BCUT2D eigenvalue weighted by Gasteiger charge is -2.15. The maximum atomic E-state index is 12.4. The molecule has 0 aliphatic rings. The Morgan fingerprint density at radius 1 is 0.941 bits per heavy atom. The van der Waals surface area contributed by atoms with E-state index in [0.717, 1.165) is 6.08 Å². The van der Waals surface area contributed by atoms with Crippen molar-refractivity contribution in [3.05, 3.63) is 29.3 Å². The summed E-state index contributed by atoms with van der Waals surface area (Å²) in [5.41, 5.74) is -4.25. The second-order valence-corrected chi connectivity index (χ2v) is 2.93. The van der Waals surface area contributed by atoms with Crippen LogP contribution in [-0.4, -0.2) is 6.08 Å². The van der Waals surface area contributed by atoms with Gasteiger partial charge in [0.25, 0.3) is 0 Å². The normalized spacial score (nSPS) is 12.1. The van der Waals surface area contributed by atoms with E-state index in [1.807, 2.05) is 0 Å². The summed E-state index contributed by atoms with van der Waals surface area (Å²) >= 11 is 0. The molecule has 1 aromatic carbocycles. The zero-order valence-electron chi connectivity index (χ0n) is 7.86. The van der Waals surface area contributed by atoms with Crippen LogP contribution < -0.4 is 0 Å². The van der Waals surface area contributed by atoms with E-state index in [0.29, 0.717) is 6.07 Å². The molecule has 1 rings (SSSR count). The molecular formula is C9H3F6NO. The van der Waals surface area contributed by atoms with E-state index in [9.17, 15) is 31.1 Å². The highest BCUT2D eigenvalue weighted by molar-refractivity contribution is 5.52. The number of nitrogens with zero attached hydrogens (tertiary/aromatic N) is 1. The first-order valence-electron chi connectivity index (χ1n) is 4.02. The number of alkyl halides is 6. The van der Waals surface area contributed by atoms with Gasteiger partial charge in [0.15, 0.2) is 0 Å². The SMILES string of the molecule is O=C=Nc1ccc(C(F)(F)F)c(C(F)(F)F)c1. The molecule has 0 aromatic heterocycles. The van der Waals surface area contributed by atoms with Crippen LogP contribution in [-0.2, 0) is 17.1 Å². The van der Waals surface area contributed by atoms with Crippen molar-refractivity contribution in [2.75, 3.05) is 0 Å². The van der Waals surface area contributed by atoms with Crippen LogP contribution in [0.15, 0.2) is 23.2 Å². The van der Waals surface area contributed by atoms with E-state index in [1.165, 1.54) is 0 Å². The lowest BCUT2D eigenvalue weighted by Crippen LogP contribution is -2.16. The van der Waals surface area contributed by atoms with Crippen molar-refractivity contribution in [2.24, 2.45) is 4.99 Å². The summed E-state index contributed by atoms with van der Waals surface area (Å²) in [6.45, 7) is 0. The molecule has 0 saturated heterocycles. The van der Waals surface area contributed by atoms with Gasteiger partial charge in [0, 0.05) is 0 Å². The van der Waals surface area contributed by atoms with Gasteiger partial charge in [0.05, 0.1) is 16.8 Å². The van der Waals surface area contributed by atoms with Gasteiger partial charge >= 0.3 is 12.4 Å². The summed E-state index contributed by atoms with van der Waals surface area (Å²) < 4.78 is 73.9. The maximum Gasteiger partial charge on any atom is 0.417 e. The monoisotopic (exact) mass is 255 g/mol. The average Bonchev–Trinajstić information content (AvgIpc) is 2.15. The molecule has 0 aliphatic carbocycles. The topological polar surface area (TPSA) is 29.4 Å². The van der Waals surface area contributed by atoms with Crippen LogP contribution in [0.3, 0.4) is 0 Å². The van der Waals surface area contributed by atoms with Crippen LogP contribution in [0, 0.1) is 0 Å². The molecule has 0 saturated carbocycles. The van der Waals surface area contributed by atoms with Gasteiger partial charge in [0.2, 0.25) is 6.08 Å². The Morgan fingerprint density at radius 2 is 1.47 bits per heavy atom. The third-order valence-corrected chi connectivity index (χ3v) is 1.79. The number of hydrogen-bond acceptors (Lipinski definition) is 2. The van der Waals surface area contributed by atoms with Crippen LogP contribution in [0.1, 0.15) is 11.1 Å². The Hall–Kier alpha value is -1.82. The molecule has 0 amide bonds. The number of isocyanates is 1. The van der Waals surface area contributed by atoms with Gasteiger partial charge in [-0.05, 0) is 18.2 Å². The van der Waals surface area contributed by atoms with Crippen molar-refractivity contribution in [1.29, 1.82) is 0 Å². The van der Waals surface area contributed by atoms with Crippen LogP contribution in [0.25, 0.3) is 0 Å². The van der Waals surface area contributed by atoms with Crippen molar-refractivity contribution in [2.45, 2.75) is 12.4 Å². The highest BCUT2D eigenvalue weighted by atomic mass is 19.4. The van der Waals surface area contributed by atoms with E-state index >= 15 is 0 Å². The third-order valence-electron chi connectivity index (χ3n) is 1.79. The van der Waals surface area contributed by atoms with Gasteiger partial charge in [-0.2, -0.15) is 31.3 Å². The molecule has 0 heterocycles. The predicted molar refractivity (Wildman–Crippen MR) is 44.2 cm³/mol. The van der Waals surface area contributed by atoms with Crippen LogP contribution >= 0.6 is 0 Å². The molecule has 1 aromatic rings. The van der Waals surface area contributed by atoms with Crippen molar-refractivity contribution >= 4 is 11.8 Å². The van der Waals surface area contributed by atoms with E-state index in [1.54, 1.807) is 0 Å². The third kappa shape index (κ3) is 3.07. The molecular weight excluding hydrogens is 252 g/mol. The van der Waals surface area contributed by atoms with E-state index in [-0.39, 0.29) is 12.1 Å². The van der Waals surface area contributed by atoms with Gasteiger partial charge < -0.3 is 0 Å². The van der Waals surface area contributed by atoms with Gasteiger partial charge in [-0.15, -0.1) is 0 Å². The number of rotatable bonds is 1. The first-order valence-corrected chi connectivity index (χ1v) is 4.02. The minimum Gasteiger partial charge on any atom is -0.211 e. The number of halogens is 6. The molecule has 0 aliphatic heterocycles. The minimum absolute atomic E-state index is 0.147. The lowest BCUT2D eigenvalue weighted by atomic mass is 10.1. The minimum atomic E-state index is -5.18. The smallest absolute Gasteiger partial charge is 0.211 e. The molecule has 17 heavy (non-hydrogen) atoms. The summed E-state index contributed by atoms with van der Waals surface area (Å²) in [4.78, 5) is 12.7. The first-order chi connectivity index (χ1) is 7.66. The van der Waals surface area contributed by atoms with Crippen LogP contribution in [0.4, 0.5) is 32.0 Å². The van der Waals surface area contributed by atoms with Crippen molar-refractivity contribution < 1.29 is 31.1 Å². The number of benzene rings is 1. The number of aliphatic imine (C=N–C) groups is 1. The number of hydrogen-bond donors (Lipinski definition) is 0. The zero-order chi connectivity index (χ0) is 13.3. The molecule has 8 heteroatoms. The van der Waals surface area contributed by atoms with Crippen molar-refractivity contribution in [1.82, 2.24) is 0 Å². The second-order valence-electron chi connectivity index (χ2n) is 2.93. The largest absolute Gasteiger partial charge is 0.417 e. The molecule has 0 unspecified atom stereocenters. The molecule has 0 fully saturated rings. The zero-order valence-corrected chi connectivity index (χ0v) is 7.86. The first kappa shape index (κ1) is 13.2. The Labute approximate surface area is 90.6 Å². The molecule has 0 spiro atoms. The Morgan fingerprint density at radius 3 is 1.88 bits per heavy atom. The standard InChI is InChI=1S/C9H3F6NO/c10-8(11,12)6-2-1-5(16-4-17)3-7(6)9(13,14)15/h1-3H. The maximum absolute atomic E-state index is 12.4. The predicted octanol–water partition coefficient (Wildman–Crippen LogP) is 3.69. The fraction of sp³-hybridized carbons (Fsp3) is 0.222. The number of carbonyl (C=O) groups excluding carboxylic acids is 1. The highest BCUT2D eigenvalue weighted by Gasteiger charge is 2.43. The summed E-state index contributed by atoms with van der Waals surface area (Å²) in [6, 6.07) is 1.02. The Balaban J connectivity index is 3.48. The molecule has 0 N–H and O–H groups in total. The summed E-state index contributed by atoms with van der Waals surface area (Å²) in [5, 5.41) is 0. The van der Waals surface area contributed by atoms with Crippen molar-refractivity contribution in [3.63, 3.8) is 0 Å². The average molecular weight is 255 g/mol. The molecule has 2 nitrogen and oxygen atoms in total. The van der Waals surface area contributed by atoms with Crippen LogP contribution in [0.5, 0.6) is 0 Å². The highest BCUT2D eigenvalue weighted by Crippen LogP contribution is 2.41. The quantitative estimate of drug-likeness (QED) is 0.427. The van der Waals surface area contributed by atoms with Crippen LogP contribution in [0.2, 0.25) is 0 Å². The molecule has 0 radical (unpaired) electrons. The Bertz CT molecular complexity index is 469. The van der Waals surface area contributed by atoms with E-state index < -0.39 is 29.2 Å². The summed E-state index contributed by atoms with van der Waals surface area (Å²) in [7, 11) is 0. The van der Waals surface area contributed by atoms with Crippen molar-refractivity contribution in [3.8, 4) is 0 Å². The van der Waals surface area contributed by atoms with Gasteiger partial charge in [-0.25, -0.2) is 4.79 Å². The van der Waals surface area contributed by atoms with Gasteiger partial charge in [-0.1, -0.05) is 0 Å².